The molecule has 2 rings (SSSR count). The first-order valence-corrected chi connectivity index (χ1v) is 7.71. The molecule has 0 aliphatic rings. The van der Waals surface area contributed by atoms with Gasteiger partial charge in [-0.3, -0.25) is 4.79 Å². The van der Waals surface area contributed by atoms with Crippen molar-refractivity contribution in [3.63, 3.8) is 0 Å². The summed E-state index contributed by atoms with van der Waals surface area (Å²) >= 11 is 0. The van der Waals surface area contributed by atoms with E-state index in [0.29, 0.717) is 11.3 Å². The second kappa shape index (κ2) is 9.04. The monoisotopic (exact) mass is 352 g/mol. The molecule has 0 heterocycles. The zero-order valence-corrected chi connectivity index (χ0v) is 14.1. The predicted octanol–water partition coefficient (Wildman–Crippen LogP) is 3.32. The molecule has 0 radical (unpaired) electrons. The van der Waals surface area contributed by atoms with Crippen molar-refractivity contribution in [2.45, 2.75) is 6.54 Å². The minimum atomic E-state index is -0.551. The molecule has 26 heavy (non-hydrogen) atoms. The molecular formula is C20H17FN2O3. The normalized spacial score (nSPS) is 11.2. The Bertz CT molecular complexity index is 898. The SMILES string of the molecule is COc1cc(/C=C/C=C(\C#N)C(=O)NCc2cccc(F)c2)ccc1O. The quantitative estimate of drug-likeness (QED) is 0.475. The van der Waals surface area contributed by atoms with Crippen LogP contribution in [0.3, 0.4) is 0 Å². The molecule has 1 amide bonds. The van der Waals surface area contributed by atoms with E-state index in [4.69, 9.17) is 10.00 Å². The summed E-state index contributed by atoms with van der Waals surface area (Å²) in [5.74, 6) is -0.594. The lowest BCUT2D eigenvalue weighted by Crippen LogP contribution is -2.24. The first-order valence-electron chi connectivity index (χ1n) is 7.71. The molecule has 0 saturated heterocycles. The van der Waals surface area contributed by atoms with Gasteiger partial charge in [-0.1, -0.05) is 30.4 Å². The molecule has 0 aliphatic carbocycles. The molecule has 0 saturated carbocycles. The van der Waals surface area contributed by atoms with Crippen molar-refractivity contribution in [2.24, 2.45) is 0 Å². The Labute approximate surface area is 150 Å². The molecule has 2 N–H and O–H groups in total. The number of nitriles is 1. The highest BCUT2D eigenvalue weighted by Gasteiger charge is 2.07. The molecule has 0 aromatic heterocycles. The zero-order chi connectivity index (χ0) is 18.9. The molecule has 6 heteroatoms. The molecule has 5 nitrogen and oxygen atoms in total. The maximum absolute atomic E-state index is 13.1. The van der Waals surface area contributed by atoms with Gasteiger partial charge in [-0.05, 0) is 41.5 Å². The van der Waals surface area contributed by atoms with E-state index in [1.54, 1.807) is 36.4 Å². The van der Waals surface area contributed by atoms with E-state index in [2.05, 4.69) is 5.32 Å². The third-order valence-electron chi connectivity index (χ3n) is 3.46. The van der Waals surface area contributed by atoms with Crippen LogP contribution in [0, 0.1) is 17.1 Å². The maximum Gasteiger partial charge on any atom is 0.262 e. The minimum Gasteiger partial charge on any atom is -0.504 e. The van der Waals surface area contributed by atoms with E-state index < -0.39 is 5.91 Å². The Hall–Kier alpha value is -3.59. The van der Waals surface area contributed by atoms with Crippen molar-refractivity contribution in [3.8, 4) is 17.6 Å². The van der Waals surface area contributed by atoms with Crippen LogP contribution < -0.4 is 10.1 Å². The molecular weight excluding hydrogens is 335 g/mol. The minimum absolute atomic E-state index is 0.0228. The van der Waals surface area contributed by atoms with Gasteiger partial charge in [-0.25, -0.2) is 4.39 Å². The molecule has 0 fully saturated rings. The molecule has 0 unspecified atom stereocenters. The smallest absolute Gasteiger partial charge is 0.262 e. The standard InChI is InChI=1S/C20H17FN2O3/c1-26-19-11-14(8-9-18(19)24)4-2-6-16(12-22)20(25)23-13-15-5-3-7-17(21)10-15/h2-11,24H,13H2,1H3,(H,23,25)/b4-2+,16-6+. The topological polar surface area (TPSA) is 82.3 Å². The van der Waals surface area contributed by atoms with Crippen LogP contribution in [0.5, 0.6) is 11.5 Å². The van der Waals surface area contributed by atoms with Crippen LogP contribution in [-0.2, 0) is 11.3 Å². The van der Waals surface area contributed by atoms with Gasteiger partial charge in [0.1, 0.15) is 17.5 Å². The van der Waals surface area contributed by atoms with E-state index in [0.717, 1.165) is 5.56 Å². The van der Waals surface area contributed by atoms with Crippen LogP contribution in [0.1, 0.15) is 11.1 Å². The highest BCUT2D eigenvalue weighted by molar-refractivity contribution is 5.97. The average molecular weight is 352 g/mol. The summed E-state index contributed by atoms with van der Waals surface area (Å²) in [6, 6.07) is 12.5. The number of amides is 1. The number of allylic oxidation sites excluding steroid dienone is 2. The lowest BCUT2D eigenvalue weighted by atomic mass is 10.1. The number of methoxy groups -OCH3 is 1. The van der Waals surface area contributed by atoms with Crippen LogP contribution in [-0.4, -0.2) is 18.1 Å². The van der Waals surface area contributed by atoms with Crippen LogP contribution in [0.2, 0.25) is 0 Å². The predicted molar refractivity (Wildman–Crippen MR) is 95.6 cm³/mol. The number of carbonyl (C=O) groups excluding carboxylic acids is 1. The Morgan fingerprint density at radius 1 is 1.35 bits per heavy atom. The summed E-state index contributed by atoms with van der Waals surface area (Å²) < 4.78 is 18.1. The van der Waals surface area contributed by atoms with E-state index >= 15 is 0 Å². The number of carbonyl (C=O) groups is 1. The van der Waals surface area contributed by atoms with Crippen LogP contribution in [0.4, 0.5) is 4.39 Å². The fourth-order valence-corrected chi connectivity index (χ4v) is 2.14. The molecule has 132 valence electrons. The molecule has 0 bridgehead atoms. The zero-order valence-electron chi connectivity index (χ0n) is 14.1. The summed E-state index contributed by atoms with van der Waals surface area (Å²) in [7, 11) is 1.44. The summed E-state index contributed by atoms with van der Waals surface area (Å²) in [5.41, 5.74) is 1.25. The highest BCUT2D eigenvalue weighted by Crippen LogP contribution is 2.26. The summed E-state index contributed by atoms with van der Waals surface area (Å²) in [6.07, 6.45) is 4.59. The van der Waals surface area contributed by atoms with Gasteiger partial charge in [0.25, 0.3) is 5.91 Å². The number of benzene rings is 2. The fourth-order valence-electron chi connectivity index (χ4n) is 2.14. The Kier molecular flexibility index (Phi) is 6.52. The second-order valence-electron chi connectivity index (χ2n) is 5.30. The number of phenols is 1. The van der Waals surface area contributed by atoms with Gasteiger partial charge in [-0.2, -0.15) is 5.26 Å². The third-order valence-corrected chi connectivity index (χ3v) is 3.46. The lowest BCUT2D eigenvalue weighted by molar-refractivity contribution is -0.117. The lowest BCUT2D eigenvalue weighted by Gasteiger charge is -2.04. The van der Waals surface area contributed by atoms with Gasteiger partial charge in [0.05, 0.1) is 7.11 Å². The van der Waals surface area contributed by atoms with Crippen molar-refractivity contribution in [3.05, 3.63) is 77.1 Å². The van der Waals surface area contributed by atoms with Crippen molar-refractivity contribution >= 4 is 12.0 Å². The number of rotatable bonds is 6. The van der Waals surface area contributed by atoms with E-state index in [1.807, 2.05) is 6.07 Å². The third kappa shape index (κ3) is 5.21. The number of nitrogens with zero attached hydrogens (tertiary/aromatic N) is 1. The van der Waals surface area contributed by atoms with Gasteiger partial charge in [0, 0.05) is 6.54 Å². The number of nitrogens with one attached hydrogen (secondary N) is 1. The van der Waals surface area contributed by atoms with Crippen LogP contribution >= 0.6 is 0 Å². The average Bonchev–Trinajstić information content (AvgIpc) is 2.64. The van der Waals surface area contributed by atoms with Gasteiger partial charge in [0.2, 0.25) is 0 Å². The first kappa shape index (κ1) is 18.7. The van der Waals surface area contributed by atoms with Gasteiger partial charge >= 0.3 is 0 Å². The number of aromatic hydroxyl groups is 1. The Morgan fingerprint density at radius 3 is 2.85 bits per heavy atom. The number of ether oxygens (including phenoxy) is 1. The maximum atomic E-state index is 13.1. The van der Waals surface area contributed by atoms with Crippen molar-refractivity contribution in [2.75, 3.05) is 7.11 Å². The van der Waals surface area contributed by atoms with E-state index in [1.165, 1.54) is 31.4 Å². The summed E-state index contributed by atoms with van der Waals surface area (Å²) in [5, 5.41) is 21.2. The fraction of sp³-hybridized carbons (Fsp3) is 0.100. The molecule has 0 aliphatic heterocycles. The van der Waals surface area contributed by atoms with Crippen molar-refractivity contribution in [1.82, 2.24) is 5.32 Å². The highest BCUT2D eigenvalue weighted by atomic mass is 19.1. The first-order chi connectivity index (χ1) is 12.5. The van der Waals surface area contributed by atoms with Crippen molar-refractivity contribution in [1.29, 1.82) is 5.26 Å². The summed E-state index contributed by atoms with van der Waals surface area (Å²) in [4.78, 5) is 12.0. The number of hydrogen-bond donors (Lipinski definition) is 2. The van der Waals surface area contributed by atoms with Crippen LogP contribution in [0.15, 0.2) is 60.2 Å². The Morgan fingerprint density at radius 2 is 2.15 bits per heavy atom. The molecule has 0 atom stereocenters. The van der Waals surface area contributed by atoms with Crippen LogP contribution in [0.25, 0.3) is 6.08 Å². The number of hydrogen-bond acceptors (Lipinski definition) is 4. The number of halogens is 1. The van der Waals surface area contributed by atoms with Gasteiger partial charge < -0.3 is 15.2 Å². The van der Waals surface area contributed by atoms with Gasteiger partial charge in [0.15, 0.2) is 11.5 Å². The Balaban J connectivity index is 2.02. The van der Waals surface area contributed by atoms with E-state index in [-0.39, 0.29) is 23.7 Å². The largest absolute Gasteiger partial charge is 0.504 e. The van der Waals surface area contributed by atoms with Crippen molar-refractivity contribution < 1.29 is 19.0 Å². The molecule has 0 spiro atoms. The second-order valence-corrected chi connectivity index (χ2v) is 5.30. The van der Waals surface area contributed by atoms with E-state index in [9.17, 15) is 14.3 Å². The molecule has 2 aromatic carbocycles. The molecule has 2 aromatic rings. The van der Waals surface area contributed by atoms with Gasteiger partial charge in [-0.15, -0.1) is 0 Å². The summed E-state index contributed by atoms with van der Waals surface area (Å²) in [6.45, 7) is 0.120. The number of phenolic OH excluding ortho intramolecular Hbond substituents is 1.